The van der Waals surface area contributed by atoms with Crippen molar-refractivity contribution in [1.82, 2.24) is 14.5 Å². The van der Waals surface area contributed by atoms with Gasteiger partial charge < -0.3 is 5.11 Å². The molecule has 7 nitrogen and oxygen atoms in total. The minimum Gasteiger partial charge on any atom is -0.481 e. The van der Waals surface area contributed by atoms with Crippen molar-refractivity contribution in [2.75, 3.05) is 0 Å². The Kier molecular flexibility index (Phi) is 3.40. The van der Waals surface area contributed by atoms with Crippen LogP contribution in [0.2, 0.25) is 0 Å². The highest BCUT2D eigenvalue weighted by molar-refractivity contribution is 7.89. The van der Waals surface area contributed by atoms with Gasteiger partial charge in [0.1, 0.15) is 4.90 Å². The molecule has 0 radical (unpaired) electrons. The maximum absolute atomic E-state index is 12.0. The average molecular weight is 273 g/mol. The molecule has 1 unspecified atom stereocenters. The van der Waals surface area contributed by atoms with E-state index in [1.54, 1.807) is 7.05 Å². The third-order valence-electron chi connectivity index (χ3n) is 2.88. The summed E-state index contributed by atoms with van der Waals surface area (Å²) in [7, 11) is -2.07. The van der Waals surface area contributed by atoms with Crippen LogP contribution >= 0.6 is 0 Å². The van der Waals surface area contributed by atoms with E-state index in [0.717, 1.165) is 12.8 Å². The maximum Gasteiger partial charge on any atom is 0.304 e. The van der Waals surface area contributed by atoms with Crippen LogP contribution in [0.25, 0.3) is 0 Å². The van der Waals surface area contributed by atoms with Gasteiger partial charge in [0.15, 0.2) is 0 Å². The molecule has 1 fully saturated rings. The number of sulfonamides is 1. The van der Waals surface area contributed by atoms with Crippen molar-refractivity contribution in [1.29, 1.82) is 0 Å². The number of carbonyl (C=O) groups is 1. The monoisotopic (exact) mass is 273 g/mol. The number of hydrogen-bond donors (Lipinski definition) is 2. The Bertz CT molecular complexity index is 547. The molecular formula is C10H15N3O4S. The molecule has 1 heterocycles. The van der Waals surface area contributed by atoms with Crippen molar-refractivity contribution in [3.63, 3.8) is 0 Å². The predicted octanol–water partition coefficient (Wildman–Crippen LogP) is -0.0483. The fourth-order valence-corrected chi connectivity index (χ4v) is 3.08. The topological polar surface area (TPSA) is 101 Å². The van der Waals surface area contributed by atoms with Crippen molar-refractivity contribution in [2.24, 2.45) is 13.0 Å². The van der Waals surface area contributed by atoms with Gasteiger partial charge in [0, 0.05) is 19.3 Å². The van der Waals surface area contributed by atoms with Crippen molar-refractivity contribution < 1.29 is 18.3 Å². The number of rotatable bonds is 6. The summed E-state index contributed by atoms with van der Waals surface area (Å²) in [4.78, 5) is 10.8. The standard InChI is InChI=1S/C10H15N3O4S/c1-13-6-8(5-11-13)18(16,17)12-9(4-10(14)15)7-2-3-7/h5-7,9,12H,2-4H2,1H3,(H,14,15). The zero-order valence-corrected chi connectivity index (χ0v) is 10.7. The zero-order chi connectivity index (χ0) is 13.3. The van der Waals surface area contributed by atoms with Gasteiger partial charge in [-0.15, -0.1) is 0 Å². The van der Waals surface area contributed by atoms with Gasteiger partial charge in [-0.3, -0.25) is 9.48 Å². The van der Waals surface area contributed by atoms with E-state index in [2.05, 4.69) is 9.82 Å². The largest absolute Gasteiger partial charge is 0.481 e. The summed E-state index contributed by atoms with van der Waals surface area (Å²) in [6.07, 6.45) is 4.17. The van der Waals surface area contributed by atoms with Gasteiger partial charge in [-0.2, -0.15) is 5.10 Å². The van der Waals surface area contributed by atoms with Gasteiger partial charge in [-0.05, 0) is 18.8 Å². The number of hydrogen-bond acceptors (Lipinski definition) is 4. The number of nitrogens with one attached hydrogen (secondary N) is 1. The quantitative estimate of drug-likeness (QED) is 0.756. The first-order chi connectivity index (χ1) is 8.38. The number of nitrogens with zero attached hydrogens (tertiary/aromatic N) is 2. The van der Waals surface area contributed by atoms with Crippen LogP contribution in [0.15, 0.2) is 17.3 Å². The van der Waals surface area contributed by atoms with Crippen molar-refractivity contribution >= 4 is 16.0 Å². The fraction of sp³-hybridized carbons (Fsp3) is 0.600. The SMILES string of the molecule is Cn1cc(S(=O)(=O)NC(CC(=O)O)C2CC2)cn1. The Morgan fingerprint density at radius 2 is 2.33 bits per heavy atom. The summed E-state index contributed by atoms with van der Waals surface area (Å²) < 4.78 is 27.9. The van der Waals surface area contributed by atoms with Crippen LogP contribution in [0.4, 0.5) is 0 Å². The molecule has 1 atom stereocenters. The molecule has 100 valence electrons. The van der Waals surface area contributed by atoms with Crippen LogP contribution in [-0.2, 0) is 21.9 Å². The molecule has 1 aromatic rings. The first kappa shape index (κ1) is 13.0. The third-order valence-corrected chi connectivity index (χ3v) is 4.33. The van der Waals surface area contributed by atoms with Crippen molar-refractivity contribution in [3.8, 4) is 0 Å². The molecule has 1 aromatic heterocycles. The van der Waals surface area contributed by atoms with Gasteiger partial charge in [-0.25, -0.2) is 13.1 Å². The molecule has 0 spiro atoms. The lowest BCUT2D eigenvalue weighted by molar-refractivity contribution is -0.137. The summed E-state index contributed by atoms with van der Waals surface area (Å²) in [6.45, 7) is 0. The van der Waals surface area contributed by atoms with Crippen molar-refractivity contribution in [3.05, 3.63) is 12.4 Å². The zero-order valence-electron chi connectivity index (χ0n) is 9.91. The number of carboxylic acids is 1. The van der Waals surface area contributed by atoms with Crippen molar-refractivity contribution in [2.45, 2.75) is 30.2 Å². The number of aromatic nitrogens is 2. The Balaban J connectivity index is 2.12. The molecule has 2 rings (SSSR count). The summed E-state index contributed by atoms with van der Waals surface area (Å²) >= 11 is 0. The van der Waals surface area contributed by atoms with Crippen LogP contribution in [0.5, 0.6) is 0 Å². The van der Waals surface area contributed by atoms with Crippen LogP contribution in [0, 0.1) is 5.92 Å². The Morgan fingerprint density at radius 3 is 2.78 bits per heavy atom. The van der Waals surface area contributed by atoms with E-state index in [0.29, 0.717) is 0 Å². The average Bonchev–Trinajstić information content (AvgIpc) is 2.99. The number of carboxylic acid groups (broad SMARTS) is 1. The lowest BCUT2D eigenvalue weighted by Crippen LogP contribution is -2.37. The van der Waals surface area contributed by atoms with Gasteiger partial charge >= 0.3 is 5.97 Å². The molecule has 8 heteroatoms. The summed E-state index contributed by atoms with van der Waals surface area (Å²) in [5.74, 6) is -0.867. The Morgan fingerprint density at radius 1 is 1.67 bits per heavy atom. The molecular weight excluding hydrogens is 258 g/mol. The summed E-state index contributed by atoms with van der Waals surface area (Å²) in [5.41, 5.74) is 0. The maximum atomic E-state index is 12.0. The van der Waals surface area contributed by atoms with E-state index < -0.39 is 22.0 Å². The van der Waals surface area contributed by atoms with Crippen LogP contribution in [0.1, 0.15) is 19.3 Å². The van der Waals surface area contributed by atoms with Gasteiger partial charge in [0.25, 0.3) is 0 Å². The molecule has 1 saturated carbocycles. The first-order valence-electron chi connectivity index (χ1n) is 5.61. The smallest absolute Gasteiger partial charge is 0.304 e. The molecule has 1 aliphatic rings. The Labute approximate surface area is 105 Å². The summed E-state index contributed by atoms with van der Waals surface area (Å²) in [5, 5.41) is 12.6. The van der Waals surface area contributed by atoms with E-state index in [4.69, 9.17) is 5.11 Å². The van der Waals surface area contributed by atoms with Gasteiger partial charge in [0.2, 0.25) is 10.0 Å². The lowest BCUT2D eigenvalue weighted by atomic mass is 10.1. The third kappa shape index (κ3) is 3.08. The lowest BCUT2D eigenvalue weighted by Gasteiger charge is -2.15. The minimum atomic E-state index is -3.69. The minimum absolute atomic E-state index is 0.0565. The number of aliphatic carboxylic acids is 1. The second-order valence-corrected chi connectivity index (χ2v) is 6.23. The number of aryl methyl sites for hydroxylation is 1. The molecule has 0 aromatic carbocycles. The highest BCUT2D eigenvalue weighted by Gasteiger charge is 2.35. The van der Waals surface area contributed by atoms with E-state index >= 15 is 0 Å². The molecule has 2 N–H and O–H groups in total. The van der Waals surface area contributed by atoms with E-state index in [1.807, 2.05) is 0 Å². The molecule has 0 saturated heterocycles. The van der Waals surface area contributed by atoms with Crippen LogP contribution in [-0.4, -0.2) is 35.3 Å². The van der Waals surface area contributed by atoms with E-state index in [-0.39, 0.29) is 17.2 Å². The van der Waals surface area contributed by atoms with Crippen LogP contribution in [0.3, 0.4) is 0 Å². The predicted molar refractivity (Wildman–Crippen MR) is 62.3 cm³/mol. The highest BCUT2D eigenvalue weighted by atomic mass is 32.2. The second-order valence-electron chi connectivity index (χ2n) is 4.51. The molecule has 18 heavy (non-hydrogen) atoms. The van der Waals surface area contributed by atoms with Gasteiger partial charge in [-0.1, -0.05) is 0 Å². The molecule has 0 bridgehead atoms. The first-order valence-corrected chi connectivity index (χ1v) is 7.09. The normalized spacial score (nSPS) is 17.6. The molecule has 0 aliphatic heterocycles. The molecule has 0 amide bonds. The molecule has 1 aliphatic carbocycles. The highest BCUT2D eigenvalue weighted by Crippen LogP contribution is 2.34. The summed E-state index contributed by atoms with van der Waals surface area (Å²) in [6, 6.07) is -0.535. The van der Waals surface area contributed by atoms with Crippen LogP contribution < -0.4 is 4.72 Å². The fourth-order valence-electron chi connectivity index (χ4n) is 1.80. The van der Waals surface area contributed by atoms with E-state index in [1.165, 1.54) is 17.1 Å². The second kappa shape index (κ2) is 4.69. The Hall–Kier alpha value is -1.41. The van der Waals surface area contributed by atoms with E-state index in [9.17, 15) is 13.2 Å². The van der Waals surface area contributed by atoms with Gasteiger partial charge in [0.05, 0.1) is 12.6 Å².